The quantitative estimate of drug-likeness (QED) is 0.344. The van der Waals surface area contributed by atoms with Crippen LogP contribution >= 0.6 is 0 Å². The van der Waals surface area contributed by atoms with Crippen LogP contribution < -0.4 is 0 Å². The normalized spacial score (nSPS) is 37.4. The number of fused-ring (bicyclic) bond motifs is 1. The summed E-state index contributed by atoms with van der Waals surface area (Å²) in [4.78, 5) is 11.3. The summed E-state index contributed by atoms with van der Waals surface area (Å²) in [5.74, 6) is -1.55. The SMILES string of the molecule is CC1(C)O[C@H]([C@H]2COC(C)(C)O2)[C@H](COO[C@@H]2O[C@@H]3COC(c4ccccc4)O[C@H]3[C@H](OCc3ccccc3)[C@@H]2O)O1. The minimum atomic E-state index is -1.22. The molecule has 0 amide bonds. The monoisotopic (exact) mass is 588 g/mol. The third-order valence-corrected chi connectivity index (χ3v) is 7.68. The van der Waals surface area contributed by atoms with Crippen LogP contribution in [0.15, 0.2) is 60.7 Å². The van der Waals surface area contributed by atoms with Crippen LogP contribution in [-0.2, 0) is 54.3 Å². The van der Waals surface area contributed by atoms with Gasteiger partial charge in [-0.3, -0.25) is 0 Å². The van der Waals surface area contributed by atoms with Crippen molar-refractivity contribution in [2.75, 3.05) is 19.8 Å². The van der Waals surface area contributed by atoms with Crippen molar-refractivity contribution in [3.05, 3.63) is 71.8 Å². The van der Waals surface area contributed by atoms with Gasteiger partial charge >= 0.3 is 0 Å². The van der Waals surface area contributed by atoms with Crippen LogP contribution in [0.2, 0.25) is 0 Å². The first-order valence-corrected chi connectivity index (χ1v) is 14.4. The molecule has 0 aliphatic carbocycles. The molecule has 0 saturated carbocycles. The van der Waals surface area contributed by atoms with Crippen LogP contribution in [0, 0.1) is 0 Å². The zero-order valence-electron chi connectivity index (χ0n) is 24.3. The Bertz CT molecular complexity index is 1150. The molecule has 4 heterocycles. The molecule has 4 aliphatic rings. The summed E-state index contributed by atoms with van der Waals surface area (Å²) in [7, 11) is 0. The Morgan fingerprint density at radius 1 is 0.810 bits per heavy atom. The number of hydrogen-bond donors (Lipinski definition) is 1. The highest BCUT2D eigenvalue weighted by Gasteiger charge is 2.52. The maximum absolute atomic E-state index is 11.4. The van der Waals surface area contributed by atoms with Gasteiger partial charge in [-0.25, -0.2) is 9.78 Å². The van der Waals surface area contributed by atoms with Crippen LogP contribution in [0.1, 0.15) is 45.1 Å². The predicted octanol–water partition coefficient (Wildman–Crippen LogP) is 3.39. The van der Waals surface area contributed by atoms with Crippen molar-refractivity contribution in [1.82, 2.24) is 0 Å². The van der Waals surface area contributed by atoms with Crippen LogP contribution in [0.3, 0.4) is 0 Å². The standard InChI is InChI=1S/C31H40O11/c1-30(2)35-17-22(39-30)25-23(40-31(3,4)41-25)18-36-42-29-24(32)27(33-15-19-11-7-5-8-12-19)26-21(37-29)16-34-28(38-26)20-13-9-6-10-14-20/h5-14,21-29,32H,15-18H2,1-4H3/t21-,22-,23+,24+,25-,26-,27-,28?,29+/m1/s1. The Kier molecular flexibility index (Phi) is 8.97. The molecule has 4 fully saturated rings. The van der Waals surface area contributed by atoms with Crippen molar-refractivity contribution in [2.45, 2.75) is 101 Å². The Labute approximate surface area is 245 Å². The lowest BCUT2D eigenvalue weighted by molar-refractivity contribution is -0.446. The molecule has 230 valence electrons. The Balaban J connectivity index is 1.11. The number of hydrogen-bond acceptors (Lipinski definition) is 11. The van der Waals surface area contributed by atoms with E-state index in [1.165, 1.54) is 0 Å². The highest BCUT2D eigenvalue weighted by atomic mass is 17.2. The lowest BCUT2D eigenvalue weighted by Crippen LogP contribution is -2.63. The van der Waals surface area contributed by atoms with E-state index in [1.807, 2.05) is 88.4 Å². The molecule has 0 radical (unpaired) electrons. The first-order chi connectivity index (χ1) is 20.2. The molecule has 0 spiro atoms. The molecule has 42 heavy (non-hydrogen) atoms. The smallest absolute Gasteiger partial charge is 0.220 e. The van der Waals surface area contributed by atoms with Gasteiger partial charge in [0, 0.05) is 5.56 Å². The molecule has 11 heteroatoms. The van der Waals surface area contributed by atoms with E-state index in [0.717, 1.165) is 11.1 Å². The fraction of sp³-hybridized carbons (Fsp3) is 0.613. The van der Waals surface area contributed by atoms with Gasteiger partial charge < -0.3 is 43.0 Å². The number of benzene rings is 2. The predicted molar refractivity (Wildman–Crippen MR) is 145 cm³/mol. The third-order valence-electron chi connectivity index (χ3n) is 7.68. The molecule has 1 N–H and O–H groups in total. The van der Waals surface area contributed by atoms with E-state index < -0.39 is 60.8 Å². The second kappa shape index (κ2) is 12.5. The van der Waals surface area contributed by atoms with Gasteiger partial charge in [-0.05, 0) is 33.3 Å². The molecule has 0 aromatic heterocycles. The number of rotatable bonds is 9. The summed E-state index contributed by atoms with van der Waals surface area (Å²) in [6.45, 7) is 8.23. The van der Waals surface area contributed by atoms with E-state index in [2.05, 4.69) is 0 Å². The summed E-state index contributed by atoms with van der Waals surface area (Å²) < 4.78 is 48.6. The van der Waals surface area contributed by atoms with E-state index >= 15 is 0 Å². The molecule has 2 aromatic rings. The molecule has 0 bridgehead atoms. The highest BCUT2D eigenvalue weighted by Crippen LogP contribution is 2.38. The minimum absolute atomic E-state index is 0.00762. The average Bonchev–Trinajstić information content (AvgIpc) is 3.50. The Morgan fingerprint density at radius 3 is 2.26 bits per heavy atom. The molecule has 2 aromatic carbocycles. The lowest BCUT2D eigenvalue weighted by Gasteiger charge is -2.47. The topological polar surface area (TPSA) is 113 Å². The average molecular weight is 589 g/mol. The van der Waals surface area contributed by atoms with Crippen molar-refractivity contribution in [3.63, 3.8) is 0 Å². The minimum Gasteiger partial charge on any atom is -0.385 e. The second-order valence-corrected chi connectivity index (χ2v) is 11.9. The maximum atomic E-state index is 11.4. The van der Waals surface area contributed by atoms with Crippen molar-refractivity contribution in [1.29, 1.82) is 0 Å². The van der Waals surface area contributed by atoms with E-state index in [1.54, 1.807) is 0 Å². The Hall–Kier alpha value is -2.00. The van der Waals surface area contributed by atoms with E-state index in [9.17, 15) is 5.11 Å². The van der Waals surface area contributed by atoms with Gasteiger partial charge in [0.1, 0.15) is 49.3 Å². The lowest BCUT2D eigenvalue weighted by atomic mass is 9.97. The van der Waals surface area contributed by atoms with Gasteiger partial charge in [0.05, 0.1) is 19.8 Å². The van der Waals surface area contributed by atoms with Gasteiger partial charge in [0.2, 0.25) is 6.29 Å². The molecule has 4 aliphatic heterocycles. The zero-order valence-corrected chi connectivity index (χ0v) is 24.3. The molecule has 9 atom stereocenters. The third kappa shape index (κ3) is 6.87. The first kappa shape index (κ1) is 30.0. The molecule has 1 unspecified atom stereocenters. The van der Waals surface area contributed by atoms with Crippen LogP contribution in [0.4, 0.5) is 0 Å². The van der Waals surface area contributed by atoms with Crippen molar-refractivity contribution >= 4 is 0 Å². The van der Waals surface area contributed by atoms with Gasteiger partial charge in [0.25, 0.3) is 0 Å². The summed E-state index contributed by atoms with van der Waals surface area (Å²) in [5, 5.41) is 11.4. The van der Waals surface area contributed by atoms with Gasteiger partial charge in [0.15, 0.2) is 17.9 Å². The maximum Gasteiger partial charge on any atom is 0.220 e. The highest BCUT2D eigenvalue weighted by molar-refractivity contribution is 5.17. The summed E-state index contributed by atoms with van der Waals surface area (Å²) in [6, 6.07) is 19.3. The largest absolute Gasteiger partial charge is 0.385 e. The summed E-state index contributed by atoms with van der Waals surface area (Å²) in [6.07, 6.45) is -6.23. The van der Waals surface area contributed by atoms with Gasteiger partial charge in [-0.15, -0.1) is 0 Å². The molecule has 6 rings (SSSR count). The first-order valence-electron chi connectivity index (χ1n) is 14.4. The second-order valence-electron chi connectivity index (χ2n) is 11.9. The number of aliphatic hydroxyl groups excluding tert-OH is 1. The number of ether oxygens (including phenoxy) is 8. The van der Waals surface area contributed by atoms with Crippen LogP contribution in [0.25, 0.3) is 0 Å². The Morgan fingerprint density at radius 2 is 1.55 bits per heavy atom. The molecular weight excluding hydrogens is 548 g/mol. The fourth-order valence-electron chi connectivity index (χ4n) is 5.74. The van der Waals surface area contributed by atoms with Crippen molar-refractivity contribution in [2.24, 2.45) is 0 Å². The van der Waals surface area contributed by atoms with Gasteiger partial charge in [-0.1, -0.05) is 60.7 Å². The van der Waals surface area contributed by atoms with E-state index in [-0.39, 0.29) is 25.9 Å². The fourth-order valence-corrected chi connectivity index (χ4v) is 5.74. The van der Waals surface area contributed by atoms with Crippen molar-refractivity contribution in [3.8, 4) is 0 Å². The zero-order chi connectivity index (χ0) is 29.3. The molecular formula is C31H40O11. The van der Waals surface area contributed by atoms with Gasteiger partial charge in [-0.2, -0.15) is 0 Å². The van der Waals surface area contributed by atoms with Crippen molar-refractivity contribution < 1.29 is 52.8 Å². The number of aliphatic hydroxyl groups is 1. The van der Waals surface area contributed by atoms with E-state index in [0.29, 0.717) is 6.61 Å². The molecule has 4 saturated heterocycles. The summed E-state index contributed by atoms with van der Waals surface area (Å²) >= 11 is 0. The van der Waals surface area contributed by atoms with Crippen LogP contribution in [0.5, 0.6) is 0 Å². The molecule has 11 nitrogen and oxygen atoms in total. The summed E-state index contributed by atoms with van der Waals surface area (Å²) in [5.41, 5.74) is 1.83. The van der Waals surface area contributed by atoms with Crippen LogP contribution in [-0.4, -0.2) is 85.5 Å². The van der Waals surface area contributed by atoms with E-state index in [4.69, 9.17) is 47.7 Å².